The molecule has 5 rings (SSSR count). The molecule has 0 bridgehead atoms. The SMILES string of the molecule is CCCCCc1cc2c(cc1C)[n+]1c3c4c(cccc4ccn23)C(C)(CC)C1(C)CC. The average Bonchev–Trinajstić information content (AvgIpc) is 3.11. The van der Waals surface area contributed by atoms with Gasteiger partial charge in [-0.3, -0.25) is 0 Å². The second-order valence-corrected chi connectivity index (χ2v) is 10.2. The van der Waals surface area contributed by atoms with Gasteiger partial charge < -0.3 is 0 Å². The van der Waals surface area contributed by atoms with Crippen LogP contribution in [0.5, 0.6) is 0 Å². The predicted octanol–water partition coefficient (Wildman–Crippen LogP) is 7.38. The average molecular weight is 414 g/mol. The molecule has 0 aliphatic carbocycles. The van der Waals surface area contributed by atoms with E-state index in [0.717, 1.165) is 12.8 Å². The van der Waals surface area contributed by atoms with Gasteiger partial charge in [0.2, 0.25) is 0 Å². The topological polar surface area (TPSA) is 8.29 Å². The molecule has 0 saturated carbocycles. The number of imidazole rings is 1. The number of pyridine rings is 1. The lowest BCUT2D eigenvalue weighted by Gasteiger charge is -2.46. The smallest absolute Gasteiger partial charge is 0.216 e. The molecule has 162 valence electrons. The maximum atomic E-state index is 2.71. The largest absolute Gasteiger partial charge is 0.295 e. The van der Waals surface area contributed by atoms with Crippen LogP contribution >= 0.6 is 0 Å². The standard InChI is InChI=1S/C29H37N2/c1-7-10-11-13-22-19-24-25(18-20(22)4)31-27-26-21(16-17-30(24)27)14-12-15-23(26)28(5,8-2)29(31,6)9-3/h12,14-19H,7-11,13H2,1-6H3/q+1. The molecular weight excluding hydrogens is 376 g/mol. The fraction of sp³-hybridized carbons (Fsp3) is 0.483. The lowest BCUT2D eigenvalue weighted by atomic mass is 9.62. The summed E-state index contributed by atoms with van der Waals surface area (Å²) in [5.41, 5.74) is 8.71. The number of rotatable bonds is 6. The highest BCUT2D eigenvalue weighted by Crippen LogP contribution is 2.49. The van der Waals surface area contributed by atoms with Gasteiger partial charge in [0.25, 0.3) is 5.65 Å². The monoisotopic (exact) mass is 413 g/mol. The van der Waals surface area contributed by atoms with Gasteiger partial charge in [0, 0.05) is 5.41 Å². The zero-order valence-electron chi connectivity index (χ0n) is 20.2. The Balaban J connectivity index is 1.94. The van der Waals surface area contributed by atoms with Gasteiger partial charge in [0.15, 0.2) is 11.0 Å². The fourth-order valence-corrected chi connectivity index (χ4v) is 6.38. The molecule has 1 aliphatic heterocycles. The van der Waals surface area contributed by atoms with Crippen molar-refractivity contribution in [2.75, 3.05) is 0 Å². The van der Waals surface area contributed by atoms with Crippen molar-refractivity contribution in [3.63, 3.8) is 0 Å². The maximum absolute atomic E-state index is 2.71. The Hall–Kier alpha value is -2.35. The first-order chi connectivity index (χ1) is 14.9. The summed E-state index contributed by atoms with van der Waals surface area (Å²) in [5, 5.41) is 2.81. The molecule has 0 saturated heterocycles. The van der Waals surface area contributed by atoms with Gasteiger partial charge in [-0.25, -0.2) is 4.57 Å². The Morgan fingerprint density at radius 3 is 2.48 bits per heavy atom. The highest BCUT2D eigenvalue weighted by Gasteiger charge is 2.54. The first-order valence-corrected chi connectivity index (χ1v) is 12.3. The van der Waals surface area contributed by atoms with E-state index in [2.05, 4.69) is 93.1 Å². The van der Waals surface area contributed by atoms with Crippen LogP contribution in [0.3, 0.4) is 0 Å². The van der Waals surface area contributed by atoms with Crippen molar-refractivity contribution in [1.82, 2.24) is 4.40 Å². The lowest BCUT2D eigenvalue weighted by Crippen LogP contribution is -2.66. The van der Waals surface area contributed by atoms with Crippen molar-refractivity contribution < 1.29 is 4.57 Å². The van der Waals surface area contributed by atoms with Crippen molar-refractivity contribution >= 4 is 27.5 Å². The highest BCUT2D eigenvalue weighted by molar-refractivity contribution is 5.99. The van der Waals surface area contributed by atoms with E-state index in [9.17, 15) is 0 Å². The Kier molecular flexibility index (Phi) is 4.70. The Bertz CT molecular complexity index is 1310. The number of nitrogens with zero attached hydrogens (tertiary/aromatic N) is 2. The summed E-state index contributed by atoms with van der Waals surface area (Å²) in [6, 6.07) is 14.2. The van der Waals surface area contributed by atoms with E-state index in [0.29, 0.717) is 0 Å². The molecule has 0 radical (unpaired) electrons. The molecule has 2 heteroatoms. The number of fused-ring (bicyclic) bond motifs is 3. The minimum Gasteiger partial charge on any atom is -0.216 e. The third-order valence-corrected chi connectivity index (χ3v) is 8.82. The Morgan fingerprint density at radius 1 is 0.968 bits per heavy atom. The van der Waals surface area contributed by atoms with Gasteiger partial charge in [0.1, 0.15) is 5.54 Å². The van der Waals surface area contributed by atoms with Crippen LogP contribution in [-0.4, -0.2) is 4.40 Å². The van der Waals surface area contributed by atoms with Crippen LogP contribution in [-0.2, 0) is 17.4 Å². The summed E-state index contributed by atoms with van der Waals surface area (Å²) in [5.74, 6) is 0. The molecule has 31 heavy (non-hydrogen) atoms. The number of hydrogen-bond donors (Lipinski definition) is 0. The van der Waals surface area contributed by atoms with Crippen LogP contribution < -0.4 is 4.57 Å². The van der Waals surface area contributed by atoms with Crippen LogP contribution in [0.4, 0.5) is 0 Å². The van der Waals surface area contributed by atoms with E-state index < -0.39 is 0 Å². The molecule has 0 spiro atoms. The van der Waals surface area contributed by atoms with E-state index in [1.807, 2.05) is 0 Å². The third-order valence-electron chi connectivity index (χ3n) is 8.82. The van der Waals surface area contributed by atoms with E-state index in [-0.39, 0.29) is 11.0 Å². The number of unbranched alkanes of at least 4 members (excludes halogenated alkanes) is 2. The van der Waals surface area contributed by atoms with Gasteiger partial charge in [0.05, 0.1) is 11.6 Å². The van der Waals surface area contributed by atoms with E-state index in [1.165, 1.54) is 69.8 Å². The molecule has 0 N–H and O–H groups in total. The summed E-state index contributed by atoms with van der Waals surface area (Å²) in [7, 11) is 0. The minimum atomic E-state index is 0.0214. The van der Waals surface area contributed by atoms with Gasteiger partial charge in [-0.2, -0.15) is 4.40 Å². The summed E-state index contributed by atoms with van der Waals surface area (Å²) >= 11 is 0. The molecule has 2 unspecified atom stereocenters. The Morgan fingerprint density at radius 2 is 1.77 bits per heavy atom. The van der Waals surface area contributed by atoms with E-state index in [4.69, 9.17) is 0 Å². The highest BCUT2D eigenvalue weighted by atomic mass is 15.2. The molecule has 3 heterocycles. The van der Waals surface area contributed by atoms with Crippen LogP contribution in [0.2, 0.25) is 0 Å². The van der Waals surface area contributed by atoms with Gasteiger partial charge >= 0.3 is 0 Å². The normalized spacial score (nSPS) is 22.9. The van der Waals surface area contributed by atoms with Crippen LogP contribution in [0.25, 0.3) is 27.5 Å². The molecule has 2 aromatic carbocycles. The lowest BCUT2D eigenvalue weighted by molar-refractivity contribution is -0.728. The first-order valence-electron chi connectivity index (χ1n) is 12.3. The summed E-state index contributed by atoms with van der Waals surface area (Å²) in [6.07, 6.45) is 9.58. The predicted molar refractivity (Wildman–Crippen MR) is 132 cm³/mol. The van der Waals surface area contributed by atoms with Gasteiger partial charge in [-0.05, 0) is 79.8 Å². The number of aromatic nitrogens is 2. The van der Waals surface area contributed by atoms with Crippen LogP contribution in [0.15, 0.2) is 42.6 Å². The molecular formula is C29H37N2+. The van der Waals surface area contributed by atoms with Crippen molar-refractivity contribution in [2.24, 2.45) is 0 Å². The Labute approximate surface area is 186 Å². The summed E-state index contributed by atoms with van der Waals surface area (Å²) in [6.45, 7) is 14.3. The number of hydrogen-bond acceptors (Lipinski definition) is 0. The second kappa shape index (κ2) is 7.08. The van der Waals surface area contributed by atoms with Gasteiger partial charge in [-0.15, -0.1) is 0 Å². The van der Waals surface area contributed by atoms with Crippen molar-refractivity contribution in [3.8, 4) is 0 Å². The molecule has 2 nitrogen and oxygen atoms in total. The van der Waals surface area contributed by atoms with Crippen LogP contribution in [0, 0.1) is 6.92 Å². The molecule has 0 fully saturated rings. The minimum absolute atomic E-state index is 0.0214. The summed E-state index contributed by atoms with van der Waals surface area (Å²) < 4.78 is 5.19. The number of aryl methyl sites for hydroxylation is 2. The van der Waals surface area contributed by atoms with Gasteiger partial charge in [-0.1, -0.05) is 58.7 Å². The molecule has 1 aliphatic rings. The third kappa shape index (κ3) is 2.54. The number of benzene rings is 2. The molecule has 2 aromatic heterocycles. The first kappa shape index (κ1) is 20.5. The molecule has 2 atom stereocenters. The summed E-state index contributed by atoms with van der Waals surface area (Å²) in [4.78, 5) is 0. The van der Waals surface area contributed by atoms with Crippen molar-refractivity contribution in [1.29, 1.82) is 0 Å². The zero-order valence-corrected chi connectivity index (χ0v) is 20.2. The van der Waals surface area contributed by atoms with E-state index >= 15 is 0 Å². The second-order valence-electron chi connectivity index (χ2n) is 10.2. The molecule has 0 amide bonds. The quantitative estimate of drug-likeness (QED) is 0.230. The van der Waals surface area contributed by atoms with E-state index in [1.54, 1.807) is 0 Å². The molecule has 4 aromatic rings. The van der Waals surface area contributed by atoms with Crippen molar-refractivity contribution in [3.05, 3.63) is 59.3 Å². The maximum Gasteiger partial charge on any atom is 0.295 e. The zero-order chi connectivity index (χ0) is 22.0. The van der Waals surface area contributed by atoms with Crippen LogP contribution in [0.1, 0.15) is 83.4 Å². The van der Waals surface area contributed by atoms with Crippen molar-refractivity contribution in [2.45, 2.75) is 91.0 Å². The fourth-order valence-electron chi connectivity index (χ4n) is 6.38.